The van der Waals surface area contributed by atoms with Crippen LogP contribution >= 0.6 is 0 Å². The maximum Gasteiger partial charge on any atom is 0.317 e. The van der Waals surface area contributed by atoms with Crippen molar-refractivity contribution in [1.82, 2.24) is 0 Å². The molecule has 0 aromatic carbocycles. The van der Waals surface area contributed by atoms with E-state index in [1.54, 1.807) is 25.7 Å². The fraction of sp³-hybridized carbons (Fsp3) is 0.929. The van der Waals surface area contributed by atoms with E-state index in [1.807, 2.05) is 0 Å². The van der Waals surface area contributed by atoms with Crippen molar-refractivity contribution in [3.63, 3.8) is 0 Å². The Balaban J connectivity index is 0.000000249. The van der Waals surface area contributed by atoms with Crippen molar-refractivity contribution in [2.24, 2.45) is 17.6 Å². The molecule has 2 aliphatic carbocycles. The molecule has 0 atom stereocenters. The molecule has 0 spiro atoms. The summed E-state index contributed by atoms with van der Waals surface area (Å²) in [6, 6.07) is 0. The topological polar surface area (TPSA) is 63.3 Å². The van der Waals surface area contributed by atoms with Crippen LogP contribution in [0.5, 0.6) is 0 Å². The van der Waals surface area contributed by atoms with Gasteiger partial charge in [0.1, 0.15) is 0 Å². The Morgan fingerprint density at radius 1 is 0.882 bits per heavy atom. The van der Waals surface area contributed by atoms with Crippen LogP contribution in [0.4, 0.5) is 0 Å². The molecule has 0 aliphatic heterocycles. The van der Waals surface area contributed by atoms with Crippen molar-refractivity contribution >= 4 is 5.97 Å². The van der Waals surface area contributed by atoms with Gasteiger partial charge >= 0.3 is 5.97 Å². The molecule has 2 rings (SSSR count). The van der Waals surface area contributed by atoms with E-state index in [2.05, 4.69) is 5.73 Å². The average Bonchev–Trinajstić information content (AvgIpc) is 2.41. The van der Waals surface area contributed by atoms with Crippen LogP contribution in [0.2, 0.25) is 0 Å². The highest BCUT2D eigenvalue weighted by atomic mass is 16.4. The van der Waals surface area contributed by atoms with Crippen LogP contribution < -0.4 is 5.73 Å². The Morgan fingerprint density at radius 2 is 1.18 bits per heavy atom. The SMILES string of the molecule is C1CCC(C2CCCCC2)CC1.NCC(=O)O. The van der Waals surface area contributed by atoms with E-state index in [4.69, 9.17) is 5.11 Å². The average molecular weight is 241 g/mol. The smallest absolute Gasteiger partial charge is 0.317 e. The Hall–Kier alpha value is -0.570. The molecule has 2 fully saturated rings. The van der Waals surface area contributed by atoms with Crippen molar-refractivity contribution in [3.05, 3.63) is 0 Å². The van der Waals surface area contributed by atoms with Gasteiger partial charge in [-0.15, -0.1) is 0 Å². The number of hydrogen-bond acceptors (Lipinski definition) is 2. The molecule has 0 aromatic heterocycles. The van der Waals surface area contributed by atoms with E-state index in [1.165, 1.54) is 38.5 Å². The second kappa shape index (κ2) is 8.51. The lowest BCUT2D eigenvalue weighted by Gasteiger charge is -2.32. The second-order valence-corrected chi connectivity index (χ2v) is 5.39. The van der Waals surface area contributed by atoms with Crippen LogP contribution in [0.3, 0.4) is 0 Å². The van der Waals surface area contributed by atoms with Gasteiger partial charge in [0, 0.05) is 0 Å². The quantitative estimate of drug-likeness (QED) is 0.780. The summed E-state index contributed by atoms with van der Waals surface area (Å²) in [5.41, 5.74) is 4.57. The van der Waals surface area contributed by atoms with Gasteiger partial charge in [-0.25, -0.2) is 0 Å². The van der Waals surface area contributed by atoms with Crippen LogP contribution in [0, 0.1) is 11.8 Å². The normalized spacial score (nSPS) is 22.6. The number of carboxylic acids is 1. The molecule has 2 aliphatic rings. The van der Waals surface area contributed by atoms with Crippen molar-refractivity contribution in [3.8, 4) is 0 Å². The third kappa shape index (κ3) is 6.06. The maximum atomic E-state index is 9.24. The molecule has 0 saturated heterocycles. The molecule has 0 radical (unpaired) electrons. The first kappa shape index (κ1) is 14.5. The minimum absolute atomic E-state index is 0.278. The standard InChI is InChI=1S/C12H22.C2H5NO2/c1-3-7-11(8-4-1)12-9-5-2-6-10-12;3-1-2(4)5/h11-12H,1-10H2;1,3H2,(H,4,5). The van der Waals surface area contributed by atoms with E-state index < -0.39 is 5.97 Å². The van der Waals surface area contributed by atoms with E-state index in [9.17, 15) is 4.79 Å². The predicted octanol–water partition coefficient (Wildman–Crippen LogP) is 3.18. The molecule has 3 N–H and O–H groups in total. The zero-order valence-corrected chi connectivity index (χ0v) is 10.9. The van der Waals surface area contributed by atoms with Gasteiger partial charge in [-0.1, -0.05) is 64.2 Å². The molecule has 0 heterocycles. The van der Waals surface area contributed by atoms with Crippen molar-refractivity contribution in [1.29, 1.82) is 0 Å². The number of aliphatic carboxylic acids is 1. The second-order valence-electron chi connectivity index (χ2n) is 5.39. The minimum Gasteiger partial charge on any atom is -0.480 e. The molecule has 0 amide bonds. The van der Waals surface area contributed by atoms with Gasteiger partial charge in [-0.05, 0) is 11.8 Å². The number of carboxylic acid groups (broad SMARTS) is 1. The molecule has 3 heteroatoms. The van der Waals surface area contributed by atoms with Gasteiger partial charge in [0.2, 0.25) is 0 Å². The minimum atomic E-state index is -0.968. The van der Waals surface area contributed by atoms with Crippen LogP contribution in [-0.4, -0.2) is 17.6 Å². The predicted molar refractivity (Wildman–Crippen MR) is 69.8 cm³/mol. The summed E-state index contributed by atoms with van der Waals surface area (Å²) in [5, 5.41) is 7.60. The largest absolute Gasteiger partial charge is 0.480 e. The first-order chi connectivity index (χ1) is 8.24. The zero-order valence-electron chi connectivity index (χ0n) is 10.9. The van der Waals surface area contributed by atoms with Gasteiger partial charge in [-0.2, -0.15) is 0 Å². The van der Waals surface area contributed by atoms with Gasteiger partial charge in [0.15, 0.2) is 0 Å². The molecule has 0 aromatic rings. The summed E-state index contributed by atoms with van der Waals surface area (Å²) in [5.74, 6) is 1.31. The Morgan fingerprint density at radius 3 is 1.41 bits per heavy atom. The zero-order chi connectivity index (χ0) is 12.5. The van der Waals surface area contributed by atoms with Crippen LogP contribution in [0.25, 0.3) is 0 Å². The van der Waals surface area contributed by atoms with E-state index in [-0.39, 0.29) is 6.54 Å². The molecule has 17 heavy (non-hydrogen) atoms. The summed E-state index contributed by atoms with van der Waals surface area (Å²) >= 11 is 0. The molecular weight excluding hydrogens is 214 g/mol. The monoisotopic (exact) mass is 241 g/mol. The van der Waals surface area contributed by atoms with Crippen molar-refractivity contribution in [2.75, 3.05) is 6.54 Å². The van der Waals surface area contributed by atoms with Gasteiger partial charge < -0.3 is 10.8 Å². The number of nitrogens with two attached hydrogens (primary N) is 1. The van der Waals surface area contributed by atoms with E-state index in [0.717, 1.165) is 11.8 Å². The van der Waals surface area contributed by atoms with Gasteiger partial charge in [-0.3, -0.25) is 4.79 Å². The highest BCUT2D eigenvalue weighted by Crippen LogP contribution is 2.37. The highest BCUT2D eigenvalue weighted by Gasteiger charge is 2.24. The molecule has 100 valence electrons. The number of carbonyl (C=O) groups is 1. The van der Waals surface area contributed by atoms with Crippen molar-refractivity contribution in [2.45, 2.75) is 64.2 Å². The summed E-state index contributed by atoms with van der Waals surface area (Å²) < 4.78 is 0. The van der Waals surface area contributed by atoms with Crippen molar-refractivity contribution < 1.29 is 9.90 Å². The van der Waals surface area contributed by atoms with Crippen LogP contribution in [-0.2, 0) is 4.79 Å². The highest BCUT2D eigenvalue weighted by molar-refractivity contribution is 5.68. The lowest BCUT2D eigenvalue weighted by Crippen LogP contribution is -2.20. The molecular formula is C14H27NO2. The third-order valence-electron chi connectivity index (χ3n) is 4.14. The Labute approximate surface area is 105 Å². The van der Waals surface area contributed by atoms with Crippen LogP contribution in [0.15, 0.2) is 0 Å². The lowest BCUT2D eigenvalue weighted by atomic mass is 9.73. The number of hydrogen-bond donors (Lipinski definition) is 2. The lowest BCUT2D eigenvalue weighted by molar-refractivity contribution is -0.135. The summed E-state index contributed by atoms with van der Waals surface area (Å²) in [7, 11) is 0. The van der Waals surface area contributed by atoms with E-state index in [0.29, 0.717) is 0 Å². The Bertz CT molecular complexity index is 190. The van der Waals surface area contributed by atoms with Gasteiger partial charge in [0.25, 0.3) is 0 Å². The Kier molecular flexibility index (Phi) is 7.25. The fourth-order valence-electron chi connectivity index (χ4n) is 3.21. The summed E-state index contributed by atoms with van der Waals surface area (Å²) in [4.78, 5) is 9.24. The molecule has 0 bridgehead atoms. The van der Waals surface area contributed by atoms with E-state index >= 15 is 0 Å². The molecule has 2 saturated carbocycles. The van der Waals surface area contributed by atoms with Crippen LogP contribution in [0.1, 0.15) is 64.2 Å². The van der Waals surface area contributed by atoms with Gasteiger partial charge in [0.05, 0.1) is 6.54 Å². The first-order valence-electron chi connectivity index (χ1n) is 7.16. The molecule has 3 nitrogen and oxygen atoms in total. The number of rotatable bonds is 2. The molecule has 0 unspecified atom stereocenters. The maximum absolute atomic E-state index is 9.24. The fourth-order valence-corrected chi connectivity index (χ4v) is 3.21. The first-order valence-corrected chi connectivity index (χ1v) is 7.16. The summed E-state index contributed by atoms with van der Waals surface area (Å²) in [6.07, 6.45) is 15.4. The third-order valence-corrected chi connectivity index (χ3v) is 4.14. The summed E-state index contributed by atoms with van der Waals surface area (Å²) in [6.45, 7) is -0.278.